The number of carbonyl (C=O) groups is 2. The van der Waals surface area contributed by atoms with Gasteiger partial charge in [-0.2, -0.15) is 0 Å². The highest BCUT2D eigenvalue weighted by atomic mass is 16.2. The van der Waals surface area contributed by atoms with Crippen LogP contribution in [0, 0.1) is 0 Å². The number of hydrogen-bond acceptors (Lipinski definition) is 2. The summed E-state index contributed by atoms with van der Waals surface area (Å²) in [6, 6.07) is 27.7. The summed E-state index contributed by atoms with van der Waals surface area (Å²) < 4.78 is 0. The highest BCUT2D eigenvalue weighted by Crippen LogP contribution is 2.34. The highest BCUT2D eigenvalue weighted by Gasteiger charge is 2.24. The molecule has 6 rings (SSSR count). The largest absolute Gasteiger partial charge is 0.321 e. The Balaban J connectivity index is 1.41. The van der Waals surface area contributed by atoms with E-state index in [0.29, 0.717) is 11.1 Å². The van der Waals surface area contributed by atoms with Gasteiger partial charge in [-0.05, 0) is 58.3 Å². The minimum atomic E-state index is -0.0873. The Bertz CT molecular complexity index is 1400. The lowest BCUT2D eigenvalue weighted by Crippen LogP contribution is -2.03. The Kier molecular flexibility index (Phi) is 4.05. The van der Waals surface area contributed by atoms with E-state index in [1.54, 1.807) is 0 Å². The van der Waals surface area contributed by atoms with Crippen molar-refractivity contribution in [3.63, 3.8) is 0 Å². The van der Waals surface area contributed by atoms with Crippen LogP contribution in [0.3, 0.4) is 0 Å². The number of rotatable bonds is 2. The van der Waals surface area contributed by atoms with Gasteiger partial charge in [0.2, 0.25) is 0 Å². The molecule has 0 bridgehead atoms. The van der Waals surface area contributed by atoms with Gasteiger partial charge in [-0.3, -0.25) is 9.59 Å². The standard InChI is InChI=1S/C28H18N2O2/c31-27-23(21-5-1-3-7-25(21)29-27)15-17-9-11-19-12-10-18(14-20(19)13-17)16-24-22-6-2-4-8-26(22)30-28(24)32/h1-16H,(H,29,31)(H,30,32)/b23-15+,24-16+. The Morgan fingerprint density at radius 3 is 1.50 bits per heavy atom. The molecule has 0 saturated carbocycles. The van der Waals surface area contributed by atoms with Gasteiger partial charge >= 0.3 is 0 Å². The quantitative estimate of drug-likeness (QED) is 0.406. The molecule has 2 N–H and O–H groups in total. The summed E-state index contributed by atoms with van der Waals surface area (Å²) >= 11 is 0. The fourth-order valence-electron chi connectivity index (χ4n) is 4.36. The first kappa shape index (κ1) is 18.3. The van der Waals surface area contributed by atoms with E-state index in [-0.39, 0.29) is 11.8 Å². The zero-order valence-corrected chi connectivity index (χ0v) is 17.1. The third kappa shape index (κ3) is 3.01. The number of carbonyl (C=O) groups excluding carboxylic acids is 2. The highest BCUT2D eigenvalue weighted by molar-refractivity contribution is 6.35. The van der Waals surface area contributed by atoms with E-state index in [1.165, 1.54) is 0 Å². The van der Waals surface area contributed by atoms with Gasteiger partial charge in [-0.1, -0.05) is 60.7 Å². The number of fused-ring (bicyclic) bond motifs is 3. The maximum absolute atomic E-state index is 12.5. The van der Waals surface area contributed by atoms with Gasteiger partial charge in [0.15, 0.2) is 0 Å². The maximum Gasteiger partial charge on any atom is 0.256 e. The molecule has 2 aliphatic heterocycles. The average Bonchev–Trinajstić information content (AvgIpc) is 3.29. The first-order valence-electron chi connectivity index (χ1n) is 10.4. The summed E-state index contributed by atoms with van der Waals surface area (Å²) in [7, 11) is 0. The molecule has 2 heterocycles. The average molecular weight is 414 g/mol. The molecule has 2 amide bonds. The molecule has 0 aliphatic carbocycles. The minimum Gasteiger partial charge on any atom is -0.321 e. The molecular formula is C28H18N2O2. The van der Waals surface area contributed by atoms with Gasteiger partial charge in [0.1, 0.15) is 0 Å². The van der Waals surface area contributed by atoms with Gasteiger partial charge in [-0.25, -0.2) is 0 Å². The molecule has 0 atom stereocenters. The van der Waals surface area contributed by atoms with Crippen molar-refractivity contribution in [2.45, 2.75) is 0 Å². The number of para-hydroxylation sites is 2. The summed E-state index contributed by atoms with van der Waals surface area (Å²) in [6.45, 7) is 0. The summed E-state index contributed by atoms with van der Waals surface area (Å²) in [5.74, 6) is -0.175. The molecule has 4 aromatic rings. The van der Waals surface area contributed by atoms with Crippen LogP contribution in [-0.2, 0) is 9.59 Å². The molecule has 0 spiro atoms. The first-order chi connectivity index (χ1) is 15.7. The van der Waals surface area contributed by atoms with Gasteiger partial charge in [0.05, 0.1) is 0 Å². The van der Waals surface area contributed by atoms with Crippen LogP contribution < -0.4 is 10.6 Å². The van der Waals surface area contributed by atoms with Gasteiger partial charge < -0.3 is 10.6 Å². The van der Waals surface area contributed by atoms with Crippen molar-refractivity contribution >= 4 is 57.3 Å². The normalized spacial score (nSPS) is 16.9. The van der Waals surface area contributed by atoms with Crippen LogP contribution in [0.4, 0.5) is 11.4 Å². The third-order valence-electron chi connectivity index (χ3n) is 5.93. The fourth-order valence-corrected chi connectivity index (χ4v) is 4.36. The molecule has 0 saturated heterocycles. The zero-order chi connectivity index (χ0) is 21.7. The second kappa shape index (κ2) is 7.06. The van der Waals surface area contributed by atoms with Crippen LogP contribution in [0.2, 0.25) is 0 Å². The molecule has 0 aromatic heterocycles. The first-order valence-corrected chi connectivity index (χ1v) is 10.4. The Hall–Kier alpha value is -4.44. The van der Waals surface area contributed by atoms with E-state index in [2.05, 4.69) is 34.9 Å². The molecule has 0 unspecified atom stereocenters. The van der Waals surface area contributed by atoms with E-state index in [9.17, 15) is 9.59 Å². The Labute approximate surface area is 184 Å². The summed E-state index contributed by atoms with van der Waals surface area (Å²) in [5, 5.41) is 7.97. The van der Waals surface area contributed by atoms with Crippen LogP contribution in [0.15, 0.2) is 84.9 Å². The smallest absolute Gasteiger partial charge is 0.256 e. The predicted molar refractivity (Wildman–Crippen MR) is 130 cm³/mol. The van der Waals surface area contributed by atoms with E-state index >= 15 is 0 Å². The summed E-state index contributed by atoms with van der Waals surface area (Å²) in [5.41, 5.74) is 6.75. The molecule has 0 radical (unpaired) electrons. The molecule has 2 aliphatic rings. The molecule has 32 heavy (non-hydrogen) atoms. The van der Waals surface area contributed by atoms with Gasteiger partial charge in [0, 0.05) is 33.6 Å². The molecule has 152 valence electrons. The van der Waals surface area contributed by atoms with Crippen LogP contribution >= 0.6 is 0 Å². The van der Waals surface area contributed by atoms with Crippen molar-refractivity contribution in [1.82, 2.24) is 0 Å². The number of nitrogens with one attached hydrogen (secondary N) is 2. The minimum absolute atomic E-state index is 0.0873. The lowest BCUT2D eigenvalue weighted by Gasteiger charge is -2.04. The van der Waals surface area contributed by atoms with Gasteiger partial charge in [0.25, 0.3) is 11.8 Å². The molecule has 0 fully saturated rings. The van der Waals surface area contributed by atoms with Gasteiger partial charge in [-0.15, -0.1) is 0 Å². The van der Waals surface area contributed by atoms with Crippen LogP contribution in [0.1, 0.15) is 22.3 Å². The summed E-state index contributed by atoms with van der Waals surface area (Å²) in [4.78, 5) is 24.9. The molecule has 4 heteroatoms. The third-order valence-corrected chi connectivity index (χ3v) is 5.93. The Morgan fingerprint density at radius 1 is 0.531 bits per heavy atom. The number of benzene rings is 4. The summed E-state index contributed by atoms with van der Waals surface area (Å²) in [6.07, 6.45) is 3.85. The second-order valence-electron chi connectivity index (χ2n) is 7.98. The lowest BCUT2D eigenvalue weighted by molar-refractivity contribution is -0.111. The topological polar surface area (TPSA) is 58.2 Å². The maximum atomic E-state index is 12.5. The van der Waals surface area contributed by atoms with Crippen molar-refractivity contribution in [1.29, 1.82) is 0 Å². The van der Waals surface area contributed by atoms with Crippen molar-refractivity contribution in [2.75, 3.05) is 10.6 Å². The fraction of sp³-hybridized carbons (Fsp3) is 0. The Morgan fingerprint density at radius 2 is 1.00 bits per heavy atom. The monoisotopic (exact) mass is 414 g/mol. The molecular weight excluding hydrogens is 396 g/mol. The predicted octanol–water partition coefficient (Wildman–Crippen LogP) is 5.83. The van der Waals surface area contributed by atoms with E-state index in [1.807, 2.05) is 72.8 Å². The van der Waals surface area contributed by atoms with E-state index in [0.717, 1.165) is 44.4 Å². The van der Waals surface area contributed by atoms with Crippen molar-refractivity contribution in [3.8, 4) is 0 Å². The number of hydrogen-bond donors (Lipinski definition) is 2. The number of amides is 2. The van der Waals surface area contributed by atoms with E-state index in [4.69, 9.17) is 0 Å². The molecule has 4 aromatic carbocycles. The second-order valence-corrected chi connectivity index (χ2v) is 7.98. The van der Waals surface area contributed by atoms with Crippen LogP contribution in [0.25, 0.3) is 34.1 Å². The molecule has 4 nitrogen and oxygen atoms in total. The van der Waals surface area contributed by atoms with Crippen molar-refractivity contribution in [3.05, 3.63) is 107 Å². The number of anilines is 2. The lowest BCUT2D eigenvalue weighted by atomic mass is 9.99. The van der Waals surface area contributed by atoms with E-state index < -0.39 is 0 Å². The van der Waals surface area contributed by atoms with Crippen molar-refractivity contribution < 1.29 is 9.59 Å². The SMILES string of the molecule is O=C1Nc2ccccc2/C1=C\c1ccc2ccc(/C=C3/C(=O)Nc4ccccc43)cc2c1. The zero-order valence-electron chi connectivity index (χ0n) is 17.1. The van der Waals surface area contributed by atoms with Crippen LogP contribution in [-0.4, -0.2) is 11.8 Å². The van der Waals surface area contributed by atoms with Crippen LogP contribution in [0.5, 0.6) is 0 Å². The van der Waals surface area contributed by atoms with Crippen molar-refractivity contribution in [2.24, 2.45) is 0 Å².